The molecule has 0 aliphatic carbocycles. The Morgan fingerprint density at radius 2 is 1.84 bits per heavy atom. The third-order valence-corrected chi connectivity index (χ3v) is 3.76. The standard InChI is InChI=1S/C20H25NO4/c1-4-24-12-13-25-19-7-5-6-17(14-19)20(22)21-15(2)16-8-10-18(23-3)11-9-16/h5-11,14-15H,4,12-13H2,1-3H3,(H,21,22)/t15-/m1/s1. The first-order chi connectivity index (χ1) is 12.1. The van der Waals surface area contributed by atoms with Crippen LogP contribution in [0.5, 0.6) is 11.5 Å². The Kier molecular flexibility index (Phi) is 7.29. The van der Waals surface area contributed by atoms with Gasteiger partial charge in [-0.1, -0.05) is 18.2 Å². The lowest BCUT2D eigenvalue weighted by molar-refractivity contribution is 0.0938. The number of rotatable bonds is 9. The highest BCUT2D eigenvalue weighted by Gasteiger charge is 2.12. The molecule has 1 N–H and O–H groups in total. The number of hydrogen-bond donors (Lipinski definition) is 1. The first-order valence-corrected chi connectivity index (χ1v) is 8.39. The molecular weight excluding hydrogens is 318 g/mol. The van der Waals surface area contributed by atoms with Gasteiger partial charge < -0.3 is 19.5 Å². The minimum atomic E-state index is -0.140. The molecule has 1 amide bonds. The minimum Gasteiger partial charge on any atom is -0.497 e. The van der Waals surface area contributed by atoms with Crippen LogP contribution >= 0.6 is 0 Å². The number of nitrogens with one attached hydrogen (secondary N) is 1. The van der Waals surface area contributed by atoms with Crippen LogP contribution in [-0.2, 0) is 4.74 Å². The molecule has 2 aromatic carbocycles. The Labute approximate surface area is 148 Å². The zero-order valence-corrected chi connectivity index (χ0v) is 15.0. The van der Waals surface area contributed by atoms with Crippen LogP contribution < -0.4 is 14.8 Å². The molecule has 0 aromatic heterocycles. The van der Waals surface area contributed by atoms with Gasteiger partial charge in [0.15, 0.2) is 0 Å². The van der Waals surface area contributed by atoms with E-state index in [0.29, 0.717) is 31.1 Å². The zero-order chi connectivity index (χ0) is 18.1. The van der Waals surface area contributed by atoms with Crippen molar-refractivity contribution in [2.75, 3.05) is 26.9 Å². The van der Waals surface area contributed by atoms with E-state index in [2.05, 4.69) is 5.32 Å². The van der Waals surface area contributed by atoms with Crippen molar-refractivity contribution in [1.82, 2.24) is 5.32 Å². The maximum absolute atomic E-state index is 12.5. The summed E-state index contributed by atoms with van der Waals surface area (Å²) in [6.07, 6.45) is 0. The van der Waals surface area contributed by atoms with E-state index >= 15 is 0 Å². The molecule has 0 saturated heterocycles. The highest BCUT2D eigenvalue weighted by molar-refractivity contribution is 5.94. The number of benzene rings is 2. The third kappa shape index (κ3) is 5.80. The second-order valence-electron chi connectivity index (χ2n) is 5.54. The molecule has 0 unspecified atom stereocenters. The van der Waals surface area contributed by atoms with Crippen molar-refractivity contribution >= 4 is 5.91 Å². The fourth-order valence-corrected chi connectivity index (χ4v) is 2.35. The molecule has 0 radical (unpaired) electrons. The highest BCUT2D eigenvalue weighted by Crippen LogP contribution is 2.19. The summed E-state index contributed by atoms with van der Waals surface area (Å²) in [5.74, 6) is 1.31. The van der Waals surface area contributed by atoms with E-state index in [-0.39, 0.29) is 11.9 Å². The molecule has 2 aromatic rings. The van der Waals surface area contributed by atoms with Gasteiger partial charge in [-0.15, -0.1) is 0 Å². The van der Waals surface area contributed by atoms with Crippen molar-refractivity contribution in [3.63, 3.8) is 0 Å². The summed E-state index contributed by atoms with van der Waals surface area (Å²) in [6.45, 7) is 5.54. The fraction of sp³-hybridized carbons (Fsp3) is 0.350. The van der Waals surface area contributed by atoms with Crippen molar-refractivity contribution in [2.45, 2.75) is 19.9 Å². The van der Waals surface area contributed by atoms with Crippen LogP contribution in [-0.4, -0.2) is 32.8 Å². The van der Waals surface area contributed by atoms with Gasteiger partial charge in [-0.2, -0.15) is 0 Å². The lowest BCUT2D eigenvalue weighted by atomic mass is 10.1. The summed E-state index contributed by atoms with van der Waals surface area (Å²) in [4.78, 5) is 12.5. The zero-order valence-electron chi connectivity index (χ0n) is 15.0. The SMILES string of the molecule is CCOCCOc1cccc(C(=O)N[C@H](C)c2ccc(OC)cc2)c1. The second kappa shape index (κ2) is 9.69. The van der Waals surface area contributed by atoms with Crippen LogP contribution in [0.4, 0.5) is 0 Å². The number of amides is 1. The Bertz CT molecular complexity index is 670. The topological polar surface area (TPSA) is 56.8 Å². The van der Waals surface area contributed by atoms with Gasteiger partial charge in [0.1, 0.15) is 18.1 Å². The van der Waals surface area contributed by atoms with E-state index in [4.69, 9.17) is 14.2 Å². The average Bonchev–Trinajstić information content (AvgIpc) is 2.65. The predicted molar refractivity (Wildman–Crippen MR) is 97.3 cm³/mol. The van der Waals surface area contributed by atoms with E-state index in [1.165, 1.54) is 0 Å². The van der Waals surface area contributed by atoms with E-state index < -0.39 is 0 Å². The molecular formula is C20H25NO4. The van der Waals surface area contributed by atoms with Crippen LogP contribution in [0.1, 0.15) is 35.8 Å². The van der Waals surface area contributed by atoms with Gasteiger partial charge in [-0.05, 0) is 49.7 Å². The molecule has 0 spiro atoms. The molecule has 1 atom stereocenters. The van der Waals surface area contributed by atoms with Crippen LogP contribution in [0.2, 0.25) is 0 Å². The maximum Gasteiger partial charge on any atom is 0.251 e. The number of ether oxygens (including phenoxy) is 3. The molecule has 25 heavy (non-hydrogen) atoms. The van der Waals surface area contributed by atoms with Gasteiger partial charge in [0.2, 0.25) is 0 Å². The summed E-state index contributed by atoms with van der Waals surface area (Å²) in [5.41, 5.74) is 1.58. The van der Waals surface area contributed by atoms with Gasteiger partial charge in [0.25, 0.3) is 5.91 Å². The molecule has 0 saturated carbocycles. The largest absolute Gasteiger partial charge is 0.497 e. The van der Waals surface area contributed by atoms with Gasteiger partial charge in [0, 0.05) is 12.2 Å². The fourth-order valence-electron chi connectivity index (χ4n) is 2.35. The molecule has 0 bridgehead atoms. The van der Waals surface area contributed by atoms with Gasteiger partial charge in [-0.25, -0.2) is 0 Å². The molecule has 5 heteroatoms. The van der Waals surface area contributed by atoms with Gasteiger partial charge in [-0.3, -0.25) is 4.79 Å². The lowest BCUT2D eigenvalue weighted by Gasteiger charge is -2.15. The van der Waals surface area contributed by atoms with E-state index in [0.717, 1.165) is 11.3 Å². The van der Waals surface area contributed by atoms with Crippen molar-refractivity contribution in [3.05, 3.63) is 59.7 Å². The predicted octanol–water partition coefficient (Wildman–Crippen LogP) is 3.60. The smallest absolute Gasteiger partial charge is 0.251 e. The molecule has 0 fully saturated rings. The molecule has 0 aliphatic rings. The molecule has 0 heterocycles. The summed E-state index contributed by atoms with van der Waals surface area (Å²) < 4.78 is 16.0. The van der Waals surface area contributed by atoms with Crippen molar-refractivity contribution in [1.29, 1.82) is 0 Å². The highest BCUT2D eigenvalue weighted by atomic mass is 16.5. The molecule has 5 nitrogen and oxygen atoms in total. The number of hydrogen-bond acceptors (Lipinski definition) is 4. The lowest BCUT2D eigenvalue weighted by Crippen LogP contribution is -2.26. The summed E-state index contributed by atoms with van der Waals surface area (Å²) in [6, 6.07) is 14.7. The Hall–Kier alpha value is -2.53. The Morgan fingerprint density at radius 3 is 2.52 bits per heavy atom. The third-order valence-electron chi connectivity index (χ3n) is 3.76. The summed E-state index contributed by atoms with van der Waals surface area (Å²) in [5, 5.41) is 2.99. The molecule has 0 aliphatic heterocycles. The normalized spacial score (nSPS) is 11.6. The Balaban J connectivity index is 1.94. The first kappa shape index (κ1) is 18.8. The molecule has 2 rings (SSSR count). The van der Waals surface area contributed by atoms with Crippen LogP contribution in [0, 0.1) is 0 Å². The van der Waals surface area contributed by atoms with E-state index in [1.54, 1.807) is 19.2 Å². The van der Waals surface area contributed by atoms with E-state index in [1.807, 2.05) is 50.2 Å². The van der Waals surface area contributed by atoms with Crippen molar-refractivity contribution in [2.24, 2.45) is 0 Å². The monoisotopic (exact) mass is 343 g/mol. The van der Waals surface area contributed by atoms with Crippen molar-refractivity contribution < 1.29 is 19.0 Å². The Morgan fingerprint density at radius 1 is 1.08 bits per heavy atom. The van der Waals surface area contributed by atoms with Crippen LogP contribution in [0.3, 0.4) is 0 Å². The summed E-state index contributed by atoms with van der Waals surface area (Å²) in [7, 11) is 1.63. The quantitative estimate of drug-likeness (QED) is 0.707. The maximum atomic E-state index is 12.5. The molecule has 134 valence electrons. The van der Waals surface area contributed by atoms with Crippen LogP contribution in [0.15, 0.2) is 48.5 Å². The second-order valence-corrected chi connectivity index (χ2v) is 5.54. The van der Waals surface area contributed by atoms with Gasteiger partial charge >= 0.3 is 0 Å². The average molecular weight is 343 g/mol. The number of carbonyl (C=O) groups excluding carboxylic acids is 1. The number of methoxy groups -OCH3 is 1. The van der Waals surface area contributed by atoms with Crippen molar-refractivity contribution in [3.8, 4) is 11.5 Å². The van der Waals surface area contributed by atoms with Gasteiger partial charge in [0.05, 0.1) is 19.8 Å². The van der Waals surface area contributed by atoms with E-state index in [9.17, 15) is 4.79 Å². The van der Waals surface area contributed by atoms with Crippen LogP contribution in [0.25, 0.3) is 0 Å². The first-order valence-electron chi connectivity index (χ1n) is 8.39. The summed E-state index contributed by atoms with van der Waals surface area (Å²) >= 11 is 0. The minimum absolute atomic E-state index is 0.110. The number of carbonyl (C=O) groups is 1.